The fourth-order valence-corrected chi connectivity index (χ4v) is 6.70. The van der Waals surface area contributed by atoms with Gasteiger partial charge in [0.05, 0.1) is 0 Å². The number of fused-ring (bicyclic) bond motifs is 6. The van der Waals surface area contributed by atoms with Gasteiger partial charge in [-0.3, -0.25) is 0 Å². The van der Waals surface area contributed by atoms with Gasteiger partial charge < -0.3 is 4.90 Å². The van der Waals surface area contributed by atoms with E-state index in [0.29, 0.717) is 5.92 Å². The Kier molecular flexibility index (Phi) is 5.23. The standard InChI is InChI=1S/C32H39N/c1-8-10-13-21(9-2)22-16-18-27-26(20-22)32(5,6)30-28(33(27)7)19-17-24-23-14-11-12-15-25(23)31(3,4)29(24)30/h11-12,14-21H,8-10,13H2,1-7H3. The molecular formula is C32H39N. The SMILES string of the molecule is CCCCC(CC)c1ccc2c(c1)C(C)(C)c1c(ccc3c1C(C)(C)c1ccccc1-3)N2C. The first kappa shape index (κ1) is 22.3. The first-order chi connectivity index (χ1) is 15.7. The van der Waals surface area contributed by atoms with Gasteiger partial charge in [-0.2, -0.15) is 0 Å². The quantitative estimate of drug-likeness (QED) is 0.385. The summed E-state index contributed by atoms with van der Waals surface area (Å²) in [7, 11) is 2.25. The van der Waals surface area contributed by atoms with E-state index in [2.05, 4.69) is 108 Å². The Bertz CT molecular complexity index is 1210. The van der Waals surface area contributed by atoms with Crippen molar-refractivity contribution in [1.82, 2.24) is 0 Å². The Balaban J connectivity index is 1.72. The Labute approximate surface area is 200 Å². The zero-order valence-corrected chi connectivity index (χ0v) is 21.5. The number of hydrogen-bond donors (Lipinski definition) is 0. The molecule has 1 nitrogen and oxygen atoms in total. The summed E-state index contributed by atoms with van der Waals surface area (Å²) in [5, 5.41) is 0. The molecule has 172 valence electrons. The highest BCUT2D eigenvalue weighted by Gasteiger charge is 2.45. The van der Waals surface area contributed by atoms with Crippen molar-refractivity contribution in [3.05, 3.63) is 82.4 Å². The van der Waals surface area contributed by atoms with E-state index in [0.717, 1.165) is 0 Å². The van der Waals surface area contributed by atoms with Crippen LogP contribution in [0, 0.1) is 0 Å². The number of rotatable bonds is 5. The second kappa shape index (κ2) is 7.76. The number of unbranched alkanes of at least 4 members (excludes halogenated alkanes) is 1. The van der Waals surface area contributed by atoms with Crippen molar-refractivity contribution < 1.29 is 0 Å². The maximum Gasteiger partial charge on any atom is 0.0453 e. The molecule has 0 fully saturated rings. The van der Waals surface area contributed by atoms with Gasteiger partial charge in [0.25, 0.3) is 0 Å². The third-order valence-corrected chi connectivity index (χ3v) is 8.61. The third kappa shape index (κ3) is 3.11. The van der Waals surface area contributed by atoms with Crippen molar-refractivity contribution in [3.8, 4) is 11.1 Å². The molecule has 1 aliphatic carbocycles. The van der Waals surface area contributed by atoms with Gasteiger partial charge in [-0.1, -0.05) is 96.8 Å². The number of hydrogen-bond acceptors (Lipinski definition) is 1. The third-order valence-electron chi connectivity index (χ3n) is 8.61. The summed E-state index contributed by atoms with van der Waals surface area (Å²) >= 11 is 0. The smallest absolute Gasteiger partial charge is 0.0453 e. The van der Waals surface area contributed by atoms with Crippen molar-refractivity contribution >= 4 is 11.4 Å². The molecule has 0 N–H and O–H groups in total. The molecule has 3 aromatic rings. The van der Waals surface area contributed by atoms with E-state index in [1.165, 1.54) is 76.0 Å². The van der Waals surface area contributed by atoms with Crippen LogP contribution in [0.5, 0.6) is 0 Å². The second-order valence-corrected chi connectivity index (χ2v) is 11.3. The zero-order chi connectivity index (χ0) is 23.5. The Morgan fingerprint density at radius 1 is 0.758 bits per heavy atom. The molecule has 33 heavy (non-hydrogen) atoms. The average molecular weight is 438 g/mol. The largest absolute Gasteiger partial charge is 0.344 e. The van der Waals surface area contributed by atoms with Gasteiger partial charge in [-0.25, -0.2) is 0 Å². The van der Waals surface area contributed by atoms with Gasteiger partial charge in [0, 0.05) is 29.3 Å². The lowest BCUT2D eigenvalue weighted by molar-refractivity contribution is 0.561. The molecule has 0 amide bonds. The monoisotopic (exact) mass is 437 g/mol. The topological polar surface area (TPSA) is 3.24 Å². The summed E-state index contributed by atoms with van der Waals surface area (Å²) in [5.41, 5.74) is 13.0. The van der Waals surface area contributed by atoms with E-state index >= 15 is 0 Å². The Morgan fingerprint density at radius 2 is 1.45 bits per heavy atom. The molecule has 0 saturated heterocycles. The van der Waals surface area contributed by atoms with Crippen molar-refractivity contribution in [1.29, 1.82) is 0 Å². The molecule has 1 heteroatoms. The predicted molar refractivity (Wildman–Crippen MR) is 143 cm³/mol. The minimum atomic E-state index is -0.0547. The van der Waals surface area contributed by atoms with Crippen LogP contribution in [0.2, 0.25) is 0 Å². The first-order valence-corrected chi connectivity index (χ1v) is 12.9. The maximum absolute atomic E-state index is 2.55. The van der Waals surface area contributed by atoms with Crippen LogP contribution in [0.4, 0.5) is 11.4 Å². The molecule has 0 bridgehead atoms. The summed E-state index contributed by atoms with van der Waals surface area (Å²) < 4.78 is 0. The van der Waals surface area contributed by atoms with Crippen LogP contribution in [0.15, 0.2) is 54.6 Å². The molecule has 0 saturated carbocycles. The molecule has 1 aliphatic heterocycles. The van der Waals surface area contributed by atoms with Crippen molar-refractivity contribution in [2.75, 3.05) is 11.9 Å². The fraction of sp³-hybridized carbons (Fsp3) is 0.438. The van der Waals surface area contributed by atoms with Crippen LogP contribution in [0.3, 0.4) is 0 Å². The summed E-state index contributed by atoms with van der Waals surface area (Å²) in [6.07, 6.45) is 5.08. The lowest BCUT2D eigenvalue weighted by atomic mass is 9.67. The lowest BCUT2D eigenvalue weighted by Gasteiger charge is -2.44. The molecule has 1 unspecified atom stereocenters. The Hall–Kier alpha value is -2.54. The predicted octanol–water partition coefficient (Wildman–Crippen LogP) is 9.08. The van der Waals surface area contributed by atoms with Gasteiger partial charge in [-0.15, -0.1) is 0 Å². The molecule has 1 atom stereocenters. The first-order valence-electron chi connectivity index (χ1n) is 12.9. The summed E-state index contributed by atoms with van der Waals surface area (Å²) in [6.45, 7) is 14.4. The Morgan fingerprint density at radius 3 is 2.18 bits per heavy atom. The minimum absolute atomic E-state index is 0.00241. The van der Waals surface area contributed by atoms with Crippen molar-refractivity contribution in [2.45, 2.75) is 84.0 Å². The van der Waals surface area contributed by atoms with Crippen LogP contribution in [-0.4, -0.2) is 7.05 Å². The highest BCUT2D eigenvalue weighted by atomic mass is 15.1. The van der Waals surface area contributed by atoms with Gasteiger partial charge in [-0.05, 0) is 69.8 Å². The maximum atomic E-state index is 2.55. The fourth-order valence-electron chi connectivity index (χ4n) is 6.70. The molecule has 0 radical (unpaired) electrons. The molecule has 0 aromatic heterocycles. The second-order valence-electron chi connectivity index (χ2n) is 11.3. The normalized spacial score (nSPS) is 17.7. The van der Waals surface area contributed by atoms with E-state index in [1.54, 1.807) is 0 Å². The van der Waals surface area contributed by atoms with Crippen molar-refractivity contribution in [3.63, 3.8) is 0 Å². The van der Waals surface area contributed by atoms with Crippen molar-refractivity contribution in [2.24, 2.45) is 0 Å². The van der Waals surface area contributed by atoms with Gasteiger partial charge >= 0.3 is 0 Å². The highest BCUT2D eigenvalue weighted by Crippen LogP contribution is 2.58. The molecule has 1 heterocycles. The van der Waals surface area contributed by atoms with E-state index in [4.69, 9.17) is 0 Å². The van der Waals surface area contributed by atoms with E-state index in [-0.39, 0.29) is 10.8 Å². The van der Waals surface area contributed by atoms with Crippen LogP contribution in [0.1, 0.15) is 101 Å². The van der Waals surface area contributed by atoms with Gasteiger partial charge in [0.1, 0.15) is 0 Å². The summed E-state index contributed by atoms with van der Waals surface area (Å²) in [5.74, 6) is 0.653. The molecular weight excluding hydrogens is 398 g/mol. The van der Waals surface area contributed by atoms with Crippen LogP contribution in [0.25, 0.3) is 11.1 Å². The average Bonchev–Trinajstić information content (AvgIpc) is 3.05. The number of anilines is 2. The minimum Gasteiger partial charge on any atom is -0.344 e. The summed E-state index contributed by atoms with van der Waals surface area (Å²) in [4.78, 5) is 2.44. The molecule has 5 rings (SSSR count). The van der Waals surface area contributed by atoms with Crippen LogP contribution >= 0.6 is 0 Å². The summed E-state index contributed by atoms with van der Waals surface area (Å²) in [6, 6.07) is 21.1. The van der Waals surface area contributed by atoms with Crippen LogP contribution < -0.4 is 4.90 Å². The van der Waals surface area contributed by atoms with E-state index < -0.39 is 0 Å². The van der Waals surface area contributed by atoms with E-state index in [1.807, 2.05) is 0 Å². The van der Waals surface area contributed by atoms with Gasteiger partial charge in [0.2, 0.25) is 0 Å². The molecule has 2 aliphatic rings. The zero-order valence-electron chi connectivity index (χ0n) is 21.5. The van der Waals surface area contributed by atoms with Crippen LogP contribution in [-0.2, 0) is 10.8 Å². The molecule has 3 aromatic carbocycles. The van der Waals surface area contributed by atoms with Gasteiger partial charge in [0.15, 0.2) is 0 Å². The van der Waals surface area contributed by atoms with E-state index in [9.17, 15) is 0 Å². The number of nitrogens with zero attached hydrogens (tertiary/aromatic N) is 1. The molecule has 0 spiro atoms. The number of benzene rings is 3. The lowest BCUT2D eigenvalue weighted by Crippen LogP contribution is -2.34. The highest BCUT2D eigenvalue weighted by molar-refractivity contribution is 5.89.